The third kappa shape index (κ3) is 2.89. The minimum Gasteiger partial charge on any atom is -0.316 e. The van der Waals surface area contributed by atoms with Crippen molar-refractivity contribution < 1.29 is 4.79 Å². The minimum atomic E-state index is 0. The minimum absolute atomic E-state index is 0. The first kappa shape index (κ1) is 16.6. The van der Waals surface area contributed by atoms with Crippen molar-refractivity contribution in [1.82, 2.24) is 10.3 Å². The van der Waals surface area contributed by atoms with Crippen LogP contribution in [0.3, 0.4) is 0 Å². The molecule has 1 aliphatic carbocycles. The third-order valence-corrected chi connectivity index (χ3v) is 3.76. The van der Waals surface area contributed by atoms with Gasteiger partial charge in [0.1, 0.15) is 0 Å². The molecular weight excluding hydrogens is 340 g/mol. The zero-order valence-corrected chi connectivity index (χ0v) is 14.4. The molecule has 0 radical (unpaired) electrons. The Morgan fingerprint density at radius 1 is 1.18 bits per heavy atom. The summed E-state index contributed by atoms with van der Waals surface area (Å²) in [5.41, 5.74) is 4.90. The predicted octanol–water partition coefficient (Wildman–Crippen LogP) is 4.23. The van der Waals surface area contributed by atoms with Crippen LogP contribution in [-0.2, 0) is 6.54 Å². The lowest BCUT2D eigenvalue weighted by Crippen LogP contribution is -2.05. The number of carbonyl (C=O) groups excluding carboxylic acids is 1. The van der Waals surface area contributed by atoms with Gasteiger partial charge in [-0.1, -0.05) is 43.3 Å². The number of rotatable bonds is 4. The topological polar surface area (TPSA) is 42.0 Å². The fourth-order valence-electron chi connectivity index (χ4n) is 2.70. The van der Waals surface area contributed by atoms with Gasteiger partial charge in [-0.3, -0.25) is 4.79 Å². The number of hydrogen-bond donors (Lipinski definition) is 1. The van der Waals surface area contributed by atoms with E-state index in [4.69, 9.17) is 4.98 Å². The van der Waals surface area contributed by atoms with E-state index in [0.29, 0.717) is 6.42 Å². The summed E-state index contributed by atoms with van der Waals surface area (Å²) in [5, 5.41) is 4.31. The Morgan fingerprint density at radius 3 is 2.68 bits per heavy atom. The van der Waals surface area contributed by atoms with Crippen LogP contribution in [0.2, 0.25) is 0 Å². The molecule has 4 heteroatoms. The summed E-state index contributed by atoms with van der Waals surface area (Å²) in [6, 6.07) is 14.0. The molecule has 0 aromatic heterocycles. The first-order valence-corrected chi connectivity index (χ1v) is 7.23. The lowest BCUT2D eigenvalue weighted by atomic mass is 10.1. The summed E-state index contributed by atoms with van der Waals surface area (Å²) in [5.74, 6) is 0.148. The third-order valence-electron chi connectivity index (χ3n) is 3.76. The van der Waals surface area contributed by atoms with Crippen LogP contribution < -0.4 is 5.32 Å². The molecule has 3 nitrogen and oxygen atoms in total. The van der Waals surface area contributed by atoms with Crippen molar-refractivity contribution in [3.63, 3.8) is 0 Å². The Kier molecular flexibility index (Phi) is 5.27. The molecule has 0 saturated carbocycles. The highest BCUT2D eigenvalue weighted by molar-refractivity contribution is 8.93. The van der Waals surface area contributed by atoms with E-state index in [1.807, 2.05) is 38.2 Å². The van der Waals surface area contributed by atoms with E-state index < -0.39 is 0 Å². The molecule has 0 saturated heterocycles. The maximum absolute atomic E-state index is 11.9. The number of halogens is 1. The van der Waals surface area contributed by atoms with Crippen LogP contribution in [0.5, 0.6) is 0 Å². The molecule has 0 bridgehead atoms. The van der Waals surface area contributed by atoms with Gasteiger partial charge in [0.2, 0.25) is 0 Å². The molecule has 22 heavy (non-hydrogen) atoms. The highest BCUT2D eigenvalue weighted by Crippen LogP contribution is 2.32. The number of para-hydroxylation sites is 1. The lowest BCUT2D eigenvalue weighted by molar-refractivity contribution is 0.0988. The van der Waals surface area contributed by atoms with Crippen LogP contribution in [0, 0.1) is 0 Å². The standard InChI is InChI=1S/C18H18N2O.BrH/c1-3-17(21)12-6-4-8-14-15-9-5-7-13(11-19-2)18(15)20-16(14)10-12;/h4-10,19H,3,11H2,1-2H3;1H. The predicted molar refractivity (Wildman–Crippen MR) is 96.1 cm³/mol. The molecule has 1 aromatic carbocycles. The quantitative estimate of drug-likeness (QED) is 0.709. The number of nitrogens with one attached hydrogen (secondary N) is 1. The normalized spacial score (nSPS) is 10.6. The maximum atomic E-state index is 11.9. The number of nitrogens with zero attached hydrogens (tertiary/aromatic N) is 1. The summed E-state index contributed by atoms with van der Waals surface area (Å²) >= 11 is 0. The van der Waals surface area contributed by atoms with Gasteiger partial charge in [0, 0.05) is 29.5 Å². The van der Waals surface area contributed by atoms with E-state index in [1.54, 1.807) is 0 Å². The SMILES string of the molecule is Br.CCC(=O)c1cccc2c3cccc(CNC)c3nc-2c1. The fourth-order valence-corrected chi connectivity index (χ4v) is 2.70. The van der Waals surface area contributed by atoms with Gasteiger partial charge in [0.05, 0.1) is 11.2 Å². The van der Waals surface area contributed by atoms with Crippen molar-refractivity contribution in [2.24, 2.45) is 0 Å². The molecule has 3 rings (SSSR count). The van der Waals surface area contributed by atoms with E-state index in [9.17, 15) is 4.79 Å². The molecule has 2 aliphatic rings. The number of aromatic nitrogens is 1. The summed E-state index contributed by atoms with van der Waals surface area (Å²) in [4.78, 5) is 16.7. The smallest absolute Gasteiger partial charge is 0.162 e. The van der Waals surface area contributed by atoms with E-state index >= 15 is 0 Å². The molecule has 0 unspecified atom stereocenters. The largest absolute Gasteiger partial charge is 0.316 e. The number of benzene rings is 1. The number of carbonyl (C=O) groups is 1. The van der Waals surface area contributed by atoms with Gasteiger partial charge in [-0.15, -0.1) is 17.0 Å². The Bertz CT molecular complexity index is 785. The summed E-state index contributed by atoms with van der Waals surface area (Å²) in [6.45, 7) is 2.67. The lowest BCUT2D eigenvalue weighted by Gasteiger charge is -2.00. The monoisotopic (exact) mass is 358 g/mol. The second-order valence-corrected chi connectivity index (χ2v) is 5.16. The van der Waals surface area contributed by atoms with Gasteiger partial charge >= 0.3 is 0 Å². The van der Waals surface area contributed by atoms with E-state index in [1.165, 1.54) is 5.56 Å². The zero-order valence-electron chi connectivity index (χ0n) is 12.7. The van der Waals surface area contributed by atoms with Crippen LogP contribution >= 0.6 is 17.0 Å². The number of hydrogen-bond acceptors (Lipinski definition) is 3. The molecule has 114 valence electrons. The summed E-state index contributed by atoms with van der Waals surface area (Å²) in [6.07, 6.45) is 0.511. The van der Waals surface area contributed by atoms with Crippen molar-refractivity contribution >= 4 is 33.7 Å². The number of fused-ring (bicyclic) bond motifs is 3. The van der Waals surface area contributed by atoms with Gasteiger partial charge in [-0.05, 0) is 18.7 Å². The van der Waals surface area contributed by atoms with Crippen LogP contribution in [0.4, 0.5) is 0 Å². The fraction of sp³-hybridized carbons (Fsp3) is 0.222. The zero-order chi connectivity index (χ0) is 14.8. The van der Waals surface area contributed by atoms with Crippen molar-refractivity contribution in [3.05, 3.63) is 53.6 Å². The second-order valence-electron chi connectivity index (χ2n) is 5.16. The van der Waals surface area contributed by atoms with Gasteiger partial charge in [0.15, 0.2) is 5.78 Å². The highest BCUT2D eigenvalue weighted by atomic mass is 79.9. The Labute approximate surface area is 140 Å². The molecule has 0 spiro atoms. The molecule has 1 aliphatic heterocycles. The average molecular weight is 359 g/mol. The molecule has 1 aromatic rings. The Morgan fingerprint density at radius 2 is 1.95 bits per heavy atom. The molecule has 0 fully saturated rings. The van der Waals surface area contributed by atoms with Crippen molar-refractivity contribution in [3.8, 4) is 11.3 Å². The van der Waals surface area contributed by atoms with Crippen LogP contribution in [0.1, 0.15) is 29.3 Å². The van der Waals surface area contributed by atoms with E-state index in [2.05, 4.69) is 23.5 Å². The molecule has 1 heterocycles. The molecular formula is C18H19BrN2O. The molecule has 0 amide bonds. The van der Waals surface area contributed by atoms with Crippen molar-refractivity contribution in [2.75, 3.05) is 7.05 Å². The van der Waals surface area contributed by atoms with E-state index in [-0.39, 0.29) is 22.8 Å². The van der Waals surface area contributed by atoms with Crippen LogP contribution in [-0.4, -0.2) is 17.8 Å². The number of Topliss-reactive ketones (excluding diaryl/α,β-unsaturated/α-hetero) is 1. The molecule has 0 atom stereocenters. The number of ketones is 1. The summed E-state index contributed by atoms with van der Waals surface area (Å²) < 4.78 is 0. The van der Waals surface area contributed by atoms with Crippen LogP contribution in [0.15, 0.2) is 42.5 Å². The van der Waals surface area contributed by atoms with Gasteiger partial charge in [0.25, 0.3) is 0 Å². The highest BCUT2D eigenvalue weighted by Gasteiger charge is 2.14. The Hall–Kier alpha value is -1.78. The molecule has 1 N–H and O–H groups in total. The average Bonchev–Trinajstić information content (AvgIpc) is 2.71. The first-order valence-electron chi connectivity index (χ1n) is 7.23. The van der Waals surface area contributed by atoms with Gasteiger partial charge in [-0.25, -0.2) is 4.98 Å². The second kappa shape index (κ2) is 6.99. The van der Waals surface area contributed by atoms with Crippen LogP contribution in [0.25, 0.3) is 22.2 Å². The summed E-state index contributed by atoms with van der Waals surface area (Å²) in [7, 11) is 1.93. The Balaban J connectivity index is 0.00000176. The van der Waals surface area contributed by atoms with Crippen molar-refractivity contribution in [2.45, 2.75) is 19.9 Å². The maximum Gasteiger partial charge on any atom is 0.162 e. The first-order chi connectivity index (χ1) is 10.2. The van der Waals surface area contributed by atoms with Crippen molar-refractivity contribution in [1.29, 1.82) is 0 Å². The van der Waals surface area contributed by atoms with Gasteiger partial charge in [-0.2, -0.15) is 0 Å². The van der Waals surface area contributed by atoms with E-state index in [0.717, 1.165) is 34.3 Å². The van der Waals surface area contributed by atoms with Gasteiger partial charge < -0.3 is 5.32 Å².